The van der Waals surface area contributed by atoms with E-state index in [0.717, 1.165) is 43.0 Å². The maximum atomic E-state index is 12.4. The number of anilines is 2. The Bertz CT molecular complexity index is 903. The van der Waals surface area contributed by atoms with Crippen molar-refractivity contribution in [2.75, 3.05) is 57.2 Å². The summed E-state index contributed by atoms with van der Waals surface area (Å²) in [6, 6.07) is 11.7. The Balaban J connectivity index is 1.58. The van der Waals surface area contributed by atoms with Crippen molar-refractivity contribution in [3.63, 3.8) is 0 Å². The molecule has 1 saturated heterocycles. The van der Waals surface area contributed by atoms with Crippen LogP contribution in [0.15, 0.2) is 42.5 Å². The highest BCUT2D eigenvalue weighted by molar-refractivity contribution is 5.92. The molecule has 3 rings (SSSR count). The SMILES string of the molecule is C/C=C/c1ccc(OCC(=O)Nc2ccc(N3CCN(C)CC3)c(C)c2)c(OC)c1. The van der Waals surface area contributed by atoms with Gasteiger partial charge in [-0.15, -0.1) is 0 Å². The standard InChI is InChI=1S/C24H31N3O3/c1-5-6-19-7-10-22(23(16-19)29-4)30-17-24(28)25-20-8-9-21(18(2)15-20)27-13-11-26(3)12-14-27/h5-10,15-16H,11-14,17H2,1-4H3,(H,25,28)/b6-5+. The first-order valence-electron chi connectivity index (χ1n) is 10.3. The van der Waals surface area contributed by atoms with Gasteiger partial charge < -0.3 is 24.6 Å². The van der Waals surface area contributed by atoms with E-state index in [1.165, 1.54) is 5.69 Å². The Labute approximate surface area is 179 Å². The van der Waals surface area contributed by atoms with E-state index < -0.39 is 0 Å². The molecule has 0 atom stereocenters. The lowest BCUT2D eigenvalue weighted by atomic mass is 10.1. The van der Waals surface area contributed by atoms with E-state index in [0.29, 0.717) is 11.5 Å². The number of rotatable bonds is 7. The van der Waals surface area contributed by atoms with E-state index in [1.807, 2.05) is 49.4 Å². The van der Waals surface area contributed by atoms with E-state index in [9.17, 15) is 4.79 Å². The smallest absolute Gasteiger partial charge is 0.262 e. The molecule has 1 amide bonds. The summed E-state index contributed by atoms with van der Waals surface area (Å²) < 4.78 is 11.1. The average molecular weight is 410 g/mol. The number of nitrogens with zero attached hydrogens (tertiary/aromatic N) is 2. The molecule has 30 heavy (non-hydrogen) atoms. The Hall–Kier alpha value is -2.99. The normalized spacial score (nSPS) is 14.7. The molecule has 0 radical (unpaired) electrons. The van der Waals surface area contributed by atoms with Crippen LogP contribution in [-0.2, 0) is 4.79 Å². The quantitative estimate of drug-likeness (QED) is 0.754. The summed E-state index contributed by atoms with van der Waals surface area (Å²) in [5.41, 5.74) is 4.17. The molecule has 2 aromatic rings. The van der Waals surface area contributed by atoms with Gasteiger partial charge in [0.25, 0.3) is 5.91 Å². The third-order valence-corrected chi connectivity index (χ3v) is 5.23. The molecule has 0 aromatic heterocycles. The lowest BCUT2D eigenvalue weighted by Gasteiger charge is -2.35. The fraction of sp³-hybridized carbons (Fsp3) is 0.375. The third-order valence-electron chi connectivity index (χ3n) is 5.23. The number of hydrogen-bond acceptors (Lipinski definition) is 5. The average Bonchev–Trinajstić information content (AvgIpc) is 2.74. The highest BCUT2D eigenvalue weighted by Crippen LogP contribution is 2.29. The molecular formula is C24H31N3O3. The number of aryl methyl sites for hydroxylation is 1. The van der Waals surface area contributed by atoms with Crippen LogP contribution in [0.25, 0.3) is 6.08 Å². The van der Waals surface area contributed by atoms with E-state index in [-0.39, 0.29) is 12.5 Å². The molecule has 6 nitrogen and oxygen atoms in total. The Morgan fingerprint density at radius 2 is 1.87 bits per heavy atom. The van der Waals surface area contributed by atoms with Crippen molar-refractivity contribution < 1.29 is 14.3 Å². The second-order valence-electron chi connectivity index (χ2n) is 7.54. The zero-order valence-corrected chi connectivity index (χ0v) is 18.3. The summed E-state index contributed by atoms with van der Waals surface area (Å²) in [6.07, 6.45) is 3.94. The van der Waals surface area contributed by atoms with Crippen LogP contribution in [0.5, 0.6) is 11.5 Å². The van der Waals surface area contributed by atoms with Gasteiger partial charge in [-0.05, 0) is 62.4 Å². The van der Waals surface area contributed by atoms with Crippen molar-refractivity contribution in [1.82, 2.24) is 4.90 Å². The van der Waals surface area contributed by atoms with Crippen LogP contribution < -0.4 is 19.7 Å². The van der Waals surface area contributed by atoms with Gasteiger partial charge in [-0.3, -0.25) is 4.79 Å². The number of hydrogen-bond donors (Lipinski definition) is 1. The molecular weight excluding hydrogens is 378 g/mol. The number of allylic oxidation sites excluding steroid dienone is 1. The summed E-state index contributed by atoms with van der Waals surface area (Å²) in [7, 11) is 3.74. The predicted octanol–water partition coefficient (Wildman–Crippen LogP) is 3.81. The third kappa shape index (κ3) is 5.54. The van der Waals surface area contributed by atoms with Gasteiger partial charge in [-0.1, -0.05) is 18.2 Å². The molecule has 0 aliphatic carbocycles. The maximum absolute atomic E-state index is 12.4. The summed E-state index contributed by atoms with van der Waals surface area (Å²) in [5, 5.41) is 2.92. The maximum Gasteiger partial charge on any atom is 0.262 e. The fourth-order valence-electron chi connectivity index (χ4n) is 3.58. The van der Waals surface area contributed by atoms with Gasteiger partial charge in [0.15, 0.2) is 18.1 Å². The first kappa shape index (κ1) is 21.7. The number of nitrogens with one attached hydrogen (secondary N) is 1. The molecule has 1 aliphatic heterocycles. The zero-order valence-electron chi connectivity index (χ0n) is 18.3. The molecule has 0 unspecified atom stereocenters. The summed E-state index contributed by atoms with van der Waals surface area (Å²) in [4.78, 5) is 17.1. The molecule has 0 spiro atoms. The molecule has 0 saturated carbocycles. The molecule has 1 fully saturated rings. The number of carbonyl (C=O) groups excluding carboxylic acids is 1. The van der Waals surface area contributed by atoms with Gasteiger partial charge in [0.05, 0.1) is 7.11 Å². The number of methoxy groups -OCH3 is 1. The first-order valence-corrected chi connectivity index (χ1v) is 10.3. The Kier molecular flexibility index (Phi) is 7.36. The summed E-state index contributed by atoms with van der Waals surface area (Å²) >= 11 is 0. The van der Waals surface area contributed by atoms with Crippen LogP contribution in [0, 0.1) is 6.92 Å². The molecule has 1 N–H and O–H groups in total. The van der Waals surface area contributed by atoms with Crippen molar-refractivity contribution in [3.05, 3.63) is 53.6 Å². The van der Waals surface area contributed by atoms with Crippen LogP contribution in [-0.4, -0.2) is 57.8 Å². The number of carbonyl (C=O) groups is 1. The molecule has 2 aromatic carbocycles. The van der Waals surface area contributed by atoms with Crippen LogP contribution >= 0.6 is 0 Å². The highest BCUT2D eigenvalue weighted by Gasteiger charge is 2.16. The highest BCUT2D eigenvalue weighted by atomic mass is 16.5. The number of ether oxygens (including phenoxy) is 2. The van der Waals surface area contributed by atoms with Gasteiger partial charge in [0.2, 0.25) is 0 Å². The molecule has 6 heteroatoms. The van der Waals surface area contributed by atoms with Gasteiger partial charge >= 0.3 is 0 Å². The molecule has 0 bridgehead atoms. The van der Waals surface area contributed by atoms with Crippen molar-refractivity contribution in [2.45, 2.75) is 13.8 Å². The first-order chi connectivity index (χ1) is 14.5. The van der Waals surface area contributed by atoms with Crippen molar-refractivity contribution in [3.8, 4) is 11.5 Å². The number of amides is 1. The predicted molar refractivity (Wildman–Crippen MR) is 123 cm³/mol. The van der Waals surface area contributed by atoms with E-state index in [1.54, 1.807) is 7.11 Å². The largest absolute Gasteiger partial charge is 0.493 e. The van der Waals surface area contributed by atoms with Crippen LogP contribution in [0.4, 0.5) is 11.4 Å². The van der Waals surface area contributed by atoms with Gasteiger partial charge in [0.1, 0.15) is 0 Å². The van der Waals surface area contributed by atoms with Crippen LogP contribution in [0.3, 0.4) is 0 Å². The second kappa shape index (κ2) is 10.2. The van der Waals surface area contributed by atoms with Crippen LogP contribution in [0.1, 0.15) is 18.1 Å². The van der Waals surface area contributed by atoms with Crippen molar-refractivity contribution in [2.24, 2.45) is 0 Å². The molecule has 1 heterocycles. The lowest BCUT2D eigenvalue weighted by Crippen LogP contribution is -2.44. The summed E-state index contributed by atoms with van der Waals surface area (Å²) in [6.45, 7) is 8.12. The minimum absolute atomic E-state index is 0.0847. The topological polar surface area (TPSA) is 54.0 Å². The van der Waals surface area contributed by atoms with E-state index >= 15 is 0 Å². The van der Waals surface area contributed by atoms with Crippen LogP contribution in [0.2, 0.25) is 0 Å². The minimum Gasteiger partial charge on any atom is -0.493 e. The van der Waals surface area contributed by atoms with Gasteiger partial charge in [0, 0.05) is 37.6 Å². The molecule has 1 aliphatic rings. The van der Waals surface area contributed by atoms with E-state index in [4.69, 9.17) is 9.47 Å². The monoisotopic (exact) mass is 409 g/mol. The zero-order chi connectivity index (χ0) is 21.5. The molecule has 160 valence electrons. The number of benzene rings is 2. The van der Waals surface area contributed by atoms with Gasteiger partial charge in [-0.2, -0.15) is 0 Å². The minimum atomic E-state index is -0.207. The van der Waals surface area contributed by atoms with Crippen molar-refractivity contribution >= 4 is 23.4 Å². The Morgan fingerprint density at radius 3 is 2.53 bits per heavy atom. The van der Waals surface area contributed by atoms with Crippen molar-refractivity contribution in [1.29, 1.82) is 0 Å². The number of piperazine rings is 1. The van der Waals surface area contributed by atoms with Gasteiger partial charge in [-0.25, -0.2) is 0 Å². The second-order valence-corrected chi connectivity index (χ2v) is 7.54. The lowest BCUT2D eigenvalue weighted by molar-refractivity contribution is -0.118. The Morgan fingerprint density at radius 1 is 1.10 bits per heavy atom. The fourth-order valence-corrected chi connectivity index (χ4v) is 3.58. The number of likely N-dealkylation sites (N-methyl/N-ethyl adjacent to an activating group) is 1. The van der Waals surface area contributed by atoms with E-state index in [2.05, 4.69) is 35.2 Å². The summed E-state index contributed by atoms with van der Waals surface area (Å²) in [5.74, 6) is 0.939.